The number of hydrogen-bond acceptors (Lipinski definition) is 4. The minimum atomic E-state index is -4.80. The number of halogens is 3. The Morgan fingerprint density at radius 1 is 0.854 bits per heavy atom. The molecule has 2 atom stereocenters. The Morgan fingerprint density at radius 3 is 2.02 bits per heavy atom. The molecule has 0 saturated carbocycles. The lowest BCUT2D eigenvalue weighted by Crippen LogP contribution is -2.42. The Balaban J connectivity index is 1.44. The molecule has 0 aliphatic carbocycles. The van der Waals surface area contributed by atoms with Crippen LogP contribution < -0.4 is 14.2 Å². The summed E-state index contributed by atoms with van der Waals surface area (Å²) in [6, 6.07) is 25.6. The first-order chi connectivity index (χ1) is 19.5. The molecule has 0 bridgehead atoms. The lowest BCUT2D eigenvalue weighted by Gasteiger charge is -2.19. The number of hydrogen-bond donors (Lipinski definition) is 2. The van der Waals surface area contributed by atoms with E-state index in [-0.39, 0.29) is 12.2 Å². The maximum Gasteiger partial charge on any atom is 0.417 e. The fourth-order valence-electron chi connectivity index (χ4n) is 3.93. The number of nitrogens with one attached hydrogen (secondary N) is 1. The van der Waals surface area contributed by atoms with Crippen molar-refractivity contribution in [3.05, 3.63) is 108 Å². The van der Waals surface area contributed by atoms with Gasteiger partial charge in [-0.1, -0.05) is 62.4 Å². The van der Waals surface area contributed by atoms with Crippen LogP contribution in [-0.4, -0.2) is 21.3 Å². The van der Waals surface area contributed by atoms with Crippen molar-refractivity contribution < 1.29 is 36.8 Å². The van der Waals surface area contributed by atoms with Crippen molar-refractivity contribution in [3.8, 4) is 28.4 Å². The van der Waals surface area contributed by atoms with Gasteiger partial charge in [0, 0.05) is 0 Å². The Kier molecular flexibility index (Phi) is 9.46. The Labute approximate surface area is 238 Å². The van der Waals surface area contributed by atoms with E-state index in [2.05, 4.69) is 4.72 Å². The zero-order chi connectivity index (χ0) is 29.6. The van der Waals surface area contributed by atoms with Gasteiger partial charge in [-0.05, 0) is 71.1 Å². The summed E-state index contributed by atoms with van der Waals surface area (Å²) in [6.45, 7) is 3.39. The van der Waals surface area contributed by atoms with Crippen LogP contribution in [0.15, 0.2) is 102 Å². The van der Waals surface area contributed by atoms with Gasteiger partial charge in [0.25, 0.3) is 0 Å². The summed E-state index contributed by atoms with van der Waals surface area (Å²) in [4.78, 5) is 10.9. The first kappa shape index (κ1) is 29.8. The van der Waals surface area contributed by atoms with Gasteiger partial charge >= 0.3 is 12.1 Å². The van der Waals surface area contributed by atoms with Gasteiger partial charge in [-0.3, -0.25) is 4.79 Å². The molecule has 2 N–H and O–H groups in total. The average Bonchev–Trinajstić information content (AvgIpc) is 2.95. The topological polar surface area (TPSA) is 84.9 Å². The van der Waals surface area contributed by atoms with Gasteiger partial charge in [0.1, 0.15) is 40.9 Å². The second kappa shape index (κ2) is 13.0. The molecule has 41 heavy (non-hydrogen) atoms. The van der Waals surface area contributed by atoms with E-state index in [1.54, 1.807) is 62.4 Å². The molecule has 10 heteroatoms. The van der Waals surface area contributed by atoms with E-state index >= 15 is 0 Å². The number of carboxylic acids is 1. The highest BCUT2D eigenvalue weighted by atomic mass is 32.2. The van der Waals surface area contributed by atoms with Gasteiger partial charge in [0.15, 0.2) is 0 Å². The van der Waals surface area contributed by atoms with Gasteiger partial charge < -0.3 is 14.6 Å². The Bertz CT molecular complexity index is 1490. The molecule has 0 heterocycles. The zero-order valence-electron chi connectivity index (χ0n) is 22.2. The molecule has 4 aromatic rings. The van der Waals surface area contributed by atoms with Gasteiger partial charge in [0.05, 0.1) is 10.5 Å². The van der Waals surface area contributed by atoms with E-state index < -0.39 is 45.5 Å². The third-order valence-corrected chi connectivity index (χ3v) is 7.37. The Hall–Kier alpha value is -4.15. The van der Waals surface area contributed by atoms with Crippen molar-refractivity contribution in [1.29, 1.82) is 0 Å². The minimum Gasteiger partial charge on any atom is -0.489 e. The van der Waals surface area contributed by atoms with Crippen molar-refractivity contribution in [2.24, 2.45) is 5.92 Å². The Morgan fingerprint density at radius 2 is 1.44 bits per heavy atom. The third-order valence-electron chi connectivity index (χ3n) is 6.15. The SMILES string of the molecule is CC(C)C(NS(=O)c1ccc(-c2ccc(COc3ccc(Oc4ccccc4)cc3)cc2)cc1C(F)(F)F)C(=O)O. The van der Waals surface area contributed by atoms with Crippen LogP contribution in [0.1, 0.15) is 25.0 Å². The molecule has 4 aromatic carbocycles. The van der Waals surface area contributed by atoms with Crippen molar-refractivity contribution in [2.45, 2.75) is 37.6 Å². The number of para-hydroxylation sites is 1. The van der Waals surface area contributed by atoms with Crippen molar-refractivity contribution in [2.75, 3.05) is 0 Å². The van der Waals surface area contributed by atoms with Gasteiger partial charge in [-0.15, -0.1) is 0 Å². The molecule has 0 radical (unpaired) electrons. The van der Waals surface area contributed by atoms with Crippen LogP contribution >= 0.6 is 0 Å². The molecule has 0 fully saturated rings. The van der Waals surface area contributed by atoms with Crippen LogP contribution in [-0.2, 0) is 28.6 Å². The average molecular weight is 584 g/mol. The number of ether oxygens (including phenoxy) is 2. The molecule has 4 rings (SSSR count). The van der Waals surface area contributed by atoms with Crippen LogP contribution in [0.4, 0.5) is 13.2 Å². The van der Waals surface area contributed by atoms with E-state index in [4.69, 9.17) is 9.47 Å². The summed E-state index contributed by atoms with van der Waals surface area (Å²) in [6.07, 6.45) is -4.80. The van der Waals surface area contributed by atoms with E-state index in [0.29, 0.717) is 17.1 Å². The van der Waals surface area contributed by atoms with E-state index in [1.807, 2.05) is 30.3 Å². The number of carbonyl (C=O) groups is 1. The summed E-state index contributed by atoms with van der Waals surface area (Å²) in [5.74, 6) is 0.237. The molecule has 214 valence electrons. The third kappa shape index (κ3) is 7.96. The predicted octanol–water partition coefficient (Wildman–Crippen LogP) is 7.47. The number of carboxylic acid groups (broad SMARTS) is 1. The van der Waals surface area contributed by atoms with Crippen LogP contribution in [0.3, 0.4) is 0 Å². The number of aliphatic carboxylic acids is 1. The number of rotatable bonds is 11. The van der Waals surface area contributed by atoms with Gasteiger partial charge in [-0.25, -0.2) is 8.93 Å². The fraction of sp³-hybridized carbons (Fsp3) is 0.194. The first-order valence-electron chi connectivity index (χ1n) is 12.7. The van der Waals surface area contributed by atoms with Crippen LogP contribution in [0.5, 0.6) is 17.2 Å². The molecule has 6 nitrogen and oxygen atoms in total. The zero-order valence-corrected chi connectivity index (χ0v) is 23.0. The van der Waals surface area contributed by atoms with E-state index in [1.165, 1.54) is 6.07 Å². The van der Waals surface area contributed by atoms with E-state index in [0.717, 1.165) is 23.4 Å². The predicted molar refractivity (Wildman–Crippen MR) is 150 cm³/mol. The molecule has 2 unspecified atom stereocenters. The molecule has 0 amide bonds. The fourth-order valence-corrected chi connectivity index (χ4v) is 5.23. The van der Waals surface area contributed by atoms with Gasteiger partial charge in [-0.2, -0.15) is 13.2 Å². The van der Waals surface area contributed by atoms with Crippen LogP contribution in [0.2, 0.25) is 0 Å². The summed E-state index contributed by atoms with van der Waals surface area (Å²) >= 11 is 0. The van der Waals surface area contributed by atoms with E-state index in [9.17, 15) is 27.3 Å². The summed E-state index contributed by atoms with van der Waals surface area (Å²) < 4.78 is 68.4. The highest BCUT2D eigenvalue weighted by Crippen LogP contribution is 2.36. The molecule has 0 aliphatic heterocycles. The second-order valence-corrected chi connectivity index (χ2v) is 10.7. The lowest BCUT2D eigenvalue weighted by atomic mass is 10.0. The smallest absolute Gasteiger partial charge is 0.417 e. The minimum absolute atomic E-state index is 0.247. The van der Waals surface area contributed by atoms with Gasteiger partial charge in [0.2, 0.25) is 0 Å². The standard InChI is InChI=1S/C31H28F3NO5S/c1-20(2)29(30(36)37)35-41(38)28-17-12-23(18-27(28)31(32,33)34)22-10-8-21(9-11-22)19-39-24-13-15-26(16-14-24)40-25-6-4-3-5-7-25/h3-18,20,29,35H,19H2,1-2H3,(H,36,37). The first-order valence-corrected chi connectivity index (χ1v) is 13.8. The largest absolute Gasteiger partial charge is 0.489 e. The van der Waals surface area contributed by atoms with Crippen LogP contribution in [0.25, 0.3) is 11.1 Å². The molecular weight excluding hydrogens is 555 g/mol. The molecule has 0 aromatic heterocycles. The maximum atomic E-state index is 13.9. The maximum absolute atomic E-state index is 13.9. The summed E-state index contributed by atoms with van der Waals surface area (Å²) in [5, 5.41) is 9.31. The van der Waals surface area contributed by atoms with Crippen molar-refractivity contribution in [1.82, 2.24) is 4.72 Å². The summed E-state index contributed by atoms with van der Waals surface area (Å²) in [5.41, 5.74) is 0.515. The summed E-state index contributed by atoms with van der Waals surface area (Å²) in [7, 11) is -2.39. The number of benzene rings is 4. The lowest BCUT2D eigenvalue weighted by molar-refractivity contribution is -0.140. The van der Waals surface area contributed by atoms with Crippen LogP contribution in [0, 0.1) is 5.92 Å². The molecular formula is C31H28F3NO5S. The molecule has 0 spiro atoms. The molecule has 0 aliphatic rings. The van der Waals surface area contributed by atoms with Crippen molar-refractivity contribution >= 4 is 17.0 Å². The van der Waals surface area contributed by atoms with Crippen molar-refractivity contribution in [3.63, 3.8) is 0 Å². The second-order valence-electron chi connectivity index (χ2n) is 9.53. The molecule has 0 saturated heterocycles. The quantitative estimate of drug-likeness (QED) is 0.191. The monoisotopic (exact) mass is 583 g/mol. The highest BCUT2D eigenvalue weighted by Gasteiger charge is 2.36. The highest BCUT2D eigenvalue weighted by molar-refractivity contribution is 7.83. The number of alkyl halides is 3. The normalized spacial score (nSPS) is 13.0.